The van der Waals surface area contributed by atoms with E-state index >= 15 is 0 Å². The van der Waals surface area contributed by atoms with E-state index in [-0.39, 0.29) is 81.5 Å². The van der Waals surface area contributed by atoms with Crippen LogP contribution in [0.2, 0.25) is 0 Å². The average molecular weight is 1150 g/mol. The molecule has 18 atom stereocenters. The normalized spacial score (nSPS) is 36.7. The summed E-state index contributed by atoms with van der Waals surface area (Å²) in [7, 11) is 7.94. The van der Waals surface area contributed by atoms with Gasteiger partial charge in [0.25, 0.3) is 0 Å². The zero-order chi connectivity index (χ0) is 60.8. The standard InChI is InChI=1S/C58H95N3O20/c1-30(17-19-38-46(65)45-39(29-76-54(45)70)33(4)49(38)73-15)18-20-43(64)75-22-21-59(12)27-42(63)61(14)40-23-32(3)77-55(47(40)66)81-52-34(5)48(80-44-25-57(10,74-16)51(68)37(8)78-44)35(6)53(69)79-41(28-62)58(11,72)50(67)36(7)60(13)26-31(2)24-56(52,9)71/h17,31-32,34-37,40-41,44,47-48,50-52,55,62,65-68,71-72H,18-29H2,1-16H3/b30-17+/t31-,32-,34+,35-,36-,37+,40+,41-,44+,47-,48+,50-,51+,52-,55-,56-,57-,58-/m1/s1. The Labute approximate surface area is 477 Å². The summed E-state index contributed by atoms with van der Waals surface area (Å²) in [6.45, 7) is 18.1. The fraction of sp³-hybridized carbons (Fsp3) is 0.793. The fourth-order valence-corrected chi connectivity index (χ4v) is 12.0. The van der Waals surface area contributed by atoms with Crippen LogP contribution < -0.4 is 4.74 Å². The molecule has 0 spiro atoms. The van der Waals surface area contributed by atoms with Gasteiger partial charge in [-0.25, -0.2) is 4.79 Å². The van der Waals surface area contributed by atoms with E-state index in [1.807, 2.05) is 19.9 Å². The number of rotatable bonds is 18. The van der Waals surface area contributed by atoms with Gasteiger partial charge in [0.2, 0.25) is 5.91 Å². The third-order valence-corrected chi connectivity index (χ3v) is 17.4. The van der Waals surface area contributed by atoms with Gasteiger partial charge < -0.3 is 88.2 Å². The first-order valence-electron chi connectivity index (χ1n) is 28.3. The first-order valence-corrected chi connectivity index (χ1v) is 28.3. The summed E-state index contributed by atoms with van der Waals surface area (Å²) in [6.07, 6.45) is -9.20. The largest absolute Gasteiger partial charge is 0.507 e. The molecule has 1 aromatic rings. The van der Waals surface area contributed by atoms with Gasteiger partial charge in [-0.1, -0.05) is 25.5 Å². The second-order valence-corrected chi connectivity index (χ2v) is 24.1. The molecule has 1 amide bonds. The van der Waals surface area contributed by atoms with Crippen LogP contribution in [-0.4, -0.2) is 233 Å². The van der Waals surface area contributed by atoms with E-state index in [9.17, 15) is 54.9 Å². The Hall–Kier alpha value is -4.08. The van der Waals surface area contributed by atoms with Crippen LogP contribution >= 0.6 is 0 Å². The van der Waals surface area contributed by atoms with E-state index in [0.717, 1.165) is 5.57 Å². The van der Waals surface area contributed by atoms with Crippen molar-refractivity contribution in [2.24, 2.45) is 17.8 Å². The third kappa shape index (κ3) is 15.8. The number of carbonyl (C=O) groups excluding carboxylic acids is 4. The van der Waals surface area contributed by atoms with Gasteiger partial charge in [-0.2, -0.15) is 0 Å². The van der Waals surface area contributed by atoms with Crippen molar-refractivity contribution in [1.29, 1.82) is 0 Å². The summed E-state index contributed by atoms with van der Waals surface area (Å²) in [6, 6.07) is -1.57. The molecule has 3 fully saturated rings. The number of benzene rings is 1. The molecule has 4 aliphatic heterocycles. The van der Waals surface area contributed by atoms with Gasteiger partial charge >= 0.3 is 17.9 Å². The monoisotopic (exact) mass is 1150 g/mol. The Morgan fingerprint density at radius 2 is 1.60 bits per heavy atom. The van der Waals surface area contributed by atoms with Gasteiger partial charge in [0.05, 0.1) is 67.8 Å². The zero-order valence-electron chi connectivity index (χ0n) is 50.5. The molecule has 81 heavy (non-hydrogen) atoms. The maximum atomic E-state index is 14.4. The van der Waals surface area contributed by atoms with Gasteiger partial charge in [-0.05, 0) is 114 Å². The molecule has 3 saturated heterocycles. The fourth-order valence-electron chi connectivity index (χ4n) is 12.0. The summed E-state index contributed by atoms with van der Waals surface area (Å²) in [5, 5.41) is 80.9. The van der Waals surface area contributed by atoms with Crippen molar-refractivity contribution >= 4 is 23.8 Å². The van der Waals surface area contributed by atoms with E-state index in [1.165, 1.54) is 33.0 Å². The van der Waals surface area contributed by atoms with Crippen molar-refractivity contribution in [3.8, 4) is 11.5 Å². The molecule has 7 N–H and O–H groups in total. The zero-order valence-corrected chi connectivity index (χ0v) is 50.5. The van der Waals surface area contributed by atoms with Crippen molar-refractivity contribution in [2.45, 2.75) is 212 Å². The highest BCUT2D eigenvalue weighted by Crippen LogP contribution is 2.43. The summed E-state index contributed by atoms with van der Waals surface area (Å²) in [4.78, 5) is 58.5. The predicted molar refractivity (Wildman–Crippen MR) is 294 cm³/mol. The summed E-state index contributed by atoms with van der Waals surface area (Å²) >= 11 is 0. The van der Waals surface area contributed by atoms with Gasteiger partial charge in [0.15, 0.2) is 18.7 Å². The lowest BCUT2D eigenvalue weighted by molar-refractivity contribution is -0.317. The molecule has 0 aliphatic carbocycles. The number of hydrogen-bond acceptors (Lipinski definition) is 22. The maximum absolute atomic E-state index is 14.4. The van der Waals surface area contributed by atoms with Crippen LogP contribution in [0.5, 0.6) is 11.5 Å². The molecule has 0 aromatic heterocycles. The van der Waals surface area contributed by atoms with Gasteiger partial charge in [-0.15, -0.1) is 0 Å². The van der Waals surface area contributed by atoms with Gasteiger partial charge in [-0.3, -0.25) is 19.3 Å². The lowest BCUT2D eigenvalue weighted by atomic mass is 9.77. The first-order chi connectivity index (χ1) is 37.7. The predicted octanol–water partition coefficient (Wildman–Crippen LogP) is 2.52. The molecular formula is C58H95N3O20. The number of fused-ring (bicyclic) bond motifs is 1. The van der Waals surface area contributed by atoms with E-state index in [0.29, 0.717) is 35.4 Å². The van der Waals surface area contributed by atoms with E-state index in [2.05, 4.69) is 0 Å². The maximum Gasteiger partial charge on any atom is 0.342 e. The molecular weight excluding hydrogens is 1060 g/mol. The summed E-state index contributed by atoms with van der Waals surface area (Å²) < 4.78 is 53.9. The number of carbonyl (C=O) groups is 4. The number of aromatic hydroxyl groups is 1. The number of nitrogens with zero attached hydrogens (tertiary/aromatic N) is 3. The molecule has 4 heterocycles. The van der Waals surface area contributed by atoms with Crippen LogP contribution in [0.25, 0.3) is 0 Å². The number of amides is 1. The Bertz CT molecular complexity index is 2350. The Morgan fingerprint density at radius 1 is 0.938 bits per heavy atom. The number of allylic oxidation sites excluding steroid dienone is 2. The molecule has 5 rings (SSSR count). The van der Waals surface area contributed by atoms with Crippen molar-refractivity contribution in [3.05, 3.63) is 33.9 Å². The lowest BCUT2D eigenvalue weighted by Crippen LogP contribution is -2.61. The smallest absolute Gasteiger partial charge is 0.342 e. The highest BCUT2D eigenvalue weighted by molar-refractivity contribution is 5.98. The SMILES string of the molecule is COc1c(C)c2c(c(O)c1C/C=C(\C)CCC(=O)OCCN(C)CC(=O)N(C)[C@H]1C[C@@H](C)O[C@H](O[C@@H]3[C@@H](C)[C@H](O[C@H]4C[C@@](C)(OC)[C@@H](O)[C@H](C)O4)[C@@H](C)C(=O)O[C@H](CO)[C@@](C)(O)[C@H](O)[C@@H](C)N(C)C[C@H](C)C[C@@]3(C)O)[C@@H]1O)C(=O)OC2. The van der Waals surface area contributed by atoms with Crippen LogP contribution in [-0.2, 0) is 65.3 Å². The van der Waals surface area contributed by atoms with Crippen LogP contribution in [0, 0.1) is 24.7 Å². The number of phenolic OH excluding ortho intramolecular Hbond substituents is 1. The average Bonchev–Trinajstić information content (AvgIpc) is 4.07. The minimum atomic E-state index is -2.13. The Kier molecular flexibility index (Phi) is 23.6. The number of aliphatic hydroxyl groups excluding tert-OH is 4. The molecule has 0 radical (unpaired) electrons. The molecule has 0 saturated carbocycles. The minimum Gasteiger partial charge on any atom is -0.507 e. The van der Waals surface area contributed by atoms with Crippen molar-refractivity contribution < 1.29 is 97.6 Å². The Balaban J connectivity index is 1.30. The van der Waals surface area contributed by atoms with Crippen molar-refractivity contribution in [3.63, 3.8) is 0 Å². The Morgan fingerprint density at radius 3 is 2.23 bits per heavy atom. The molecule has 462 valence electrons. The lowest BCUT2D eigenvalue weighted by Gasteiger charge is -2.49. The number of hydrogen-bond donors (Lipinski definition) is 7. The minimum absolute atomic E-state index is 0.00365. The van der Waals surface area contributed by atoms with E-state index < -0.39 is 127 Å². The quantitative estimate of drug-likeness (QED) is 0.0631. The number of methoxy groups -OCH3 is 2. The number of esters is 3. The summed E-state index contributed by atoms with van der Waals surface area (Å²) in [5.74, 6) is -4.56. The number of ether oxygens (including phenoxy) is 9. The number of aliphatic hydroxyl groups is 6. The second-order valence-electron chi connectivity index (χ2n) is 24.1. The van der Waals surface area contributed by atoms with Crippen LogP contribution in [0.1, 0.15) is 128 Å². The number of likely N-dealkylation sites (N-methyl/N-ethyl adjacent to an activating group) is 3. The van der Waals surface area contributed by atoms with E-state index in [1.54, 1.807) is 79.4 Å². The number of phenols is 1. The molecule has 1 aromatic carbocycles. The van der Waals surface area contributed by atoms with E-state index in [4.69, 9.17) is 42.6 Å². The first kappa shape index (κ1) is 67.7. The highest BCUT2D eigenvalue weighted by Gasteiger charge is 2.53. The van der Waals surface area contributed by atoms with Crippen LogP contribution in [0.4, 0.5) is 0 Å². The molecule has 0 unspecified atom stereocenters. The third-order valence-electron chi connectivity index (χ3n) is 17.4. The van der Waals surface area contributed by atoms with Crippen LogP contribution in [0.15, 0.2) is 11.6 Å². The van der Waals surface area contributed by atoms with Gasteiger partial charge in [0, 0.05) is 63.2 Å². The topological polar surface area (TPSA) is 303 Å². The molecule has 4 aliphatic rings. The molecule has 23 heteroatoms. The number of cyclic esters (lactones) is 2. The second kappa shape index (κ2) is 28.2. The van der Waals surface area contributed by atoms with Gasteiger partial charge in [0.1, 0.15) is 54.2 Å². The molecule has 0 bridgehead atoms. The van der Waals surface area contributed by atoms with Crippen molar-refractivity contribution in [1.82, 2.24) is 14.7 Å². The van der Waals surface area contributed by atoms with Crippen LogP contribution in [0.3, 0.4) is 0 Å². The van der Waals surface area contributed by atoms with Crippen molar-refractivity contribution in [2.75, 3.05) is 68.2 Å². The molecule has 23 nitrogen and oxygen atoms in total. The summed E-state index contributed by atoms with van der Waals surface area (Å²) in [5.41, 5.74) is -2.29. The highest BCUT2D eigenvalue weighted by atomic mass is 16.7.